The van der Waals surface area contributed by atoms with E-state index in [0.29, 0.717) is 45.9 Å². The Hall–Kier alpha value is -2.80. The molecule has 1 aliphatic rings. The van der Waals surface area contributed by atoms with Gasteiger partial charge in [-0.25, -0.2) is 0 Å². The van der Waals surface area contributed by atoms with E-state index >= 15 is 0 Å². The summed E-state index contributed by atoms with van der Waals surface area (Å²) < 4.78 is 5.90. The molecule has 1 aromatic heterocycles. The second-order valence-electron chi connectivity index (χ2n) is 6.63. The summed E-state index contributed by atoms with van der Waals surface area (Å²) in [5.41, 5.74) is 5.53. The number of nitrogens with zero attached hydrogens (tertiary/aromatic N) is 2. The first kappa shape index (κ1) is 19.5. The molecule has 2 heterocycles. The standard InChI is InChI=1S/C21H18Cl2N4O2/c22-18-10-15(26-24)11-19(23)20(18)29-16-4-5-17-13(9-16)6-8-27(21(17)28)12-14-3-1-2-7-25-14/h1-5,7,9-11,26H,6,8,12,24H2. The smallest absolute Gasteiger partial charge is 0.254 e. The van der Waals surface area contributed by atoms with Crippen LogP contribution < -0.4 is 16.0 Å². The van der Waals surface area contributed by atoms with Gasteiger partial charge in [-0.15, -0.1) is 0 Å². The van der Waals surface area contributed by atoms with Crippen LogP contribution in [0.15, 0.2) is 54.7 Å². The minimum absolute atomic E-state index is 0.0158. The lowest BCUT2D eigenvalue weighted by molar-refractivity contribution is 0.0725. The van der Waals surface area contributed by atoms with E-state index in [1.165, 1.54) is 0 Å². The number of benzene rings is 2. The van der Waals surface area contributed by atoms with Gasteiger partial charge in [0.2, 0.25) is 0 Å². The van der Waals surface area contributed by atoms with Crippen molar-refractivity contribution in [3.8, 4) is 11.5 Å². The number of ether oxygens (including phenoxy) is 1. The van der Waals surface area contributed by atoms with Crippen LogP contribution in [-0.4, -0.2) is 22.3 Å². The lowest BCUT2D eigenvalue weighted by Crippen LogP contribution is -2.37. The first-order chi connectivity index (χ1) is 14.0. The molecule has 2 aromatic carbocycles. The Morgan fingerprint density at radius 2 is 1.93 bits per heavy atom. The number of aromatic nitrogens is 1. The average molecular weight is 429 g/mol. The number of pyridine rings is 1. The van der Waals surface area contributed by atoms with Crippen LogP contribution in [0.3, 0.4) is 0 Å². The number of carbonyl (C=O) groups is 1. The molecule has 0 atom stereocenters. The van der Waals surface area contributed by atoms with Crippen molar-refractivity contribution in [1.82, 2.24) is 9.88 Å². The third-order valence-corrected chi connectivity index (χ3v) is 5.27. The van der Waals surface area contributed by atoms with Gasteiger partial charge in [0.1, 0.15) is 5.75 Å². The van der Waals surface area contributed by atoms with Crippen LogP contribution in [0.5, 0.6) is 11.5 Å². The molecule has 8 heteroatoms. The molecule has 4 rings (SSSR count). The molecule has 1 amide bonds. The highest BCUT2D eigenvalue weighted by atomic mass is 35.5. The maximum atomic E-state index is 12.9. The number of amides is 1. The Balaban J connectivity index is 1.54. The molecule has 3 aromatic rings. The molecular weight excluding hydrogens is 411 g/mol. The predicted octanol–water partition coefficient (Wildman–Crippen LogP) is 4.66. The predicted molar refractivity (Wildman–Crippen MR) is 113 cm³/mol. The molecule has 0 spiro atoms. The van der Waals surface area contributed by atoms with Gasteiger partial charge < -0.3 is 15.1 Å². The zero-order chi connectivity index (χ0) is 20.4. The Morgan fingerprint density at radius 3 is 2.62 bits per heavy atom. The van der Waals surface area contributed by atoms with Crippen molar-refractivity contribution < 1.29 is 9.53 Å². The van der Waals surface area contributed by atoms with Crippen LogP contribution in [0.4, 0.5) is 5.69 Å². The molecule has 148 valence electrons. The molecule has 0 fully saturated rings. The van der Waals surface area contributed by atoms with E-state index < -0.39 is 0 Å². The number of nitrogens with two attached hydrogens (primary N) is 1. The van der Waals surface area contributed by atoms with E-state index in [1.54, 1.807) is 35.4 Å². The molecule has 0 saturated carbocycles. The van der Waals surface area contributed by atoms with E-state index in [-0.39, 0.29) is 5.91 Å². The van der Waals surface area contributed by atoms with Crippen molar-refractivity contribution in [3.63, 3.8) is 0 Å². The zero-order valence-electron chi connectivity index (χ0n) is 15.4. The lowest BCUT2D eigenvalue weighted by Gasteiger charge is -2.28. The minimum atomic E-state index is -0.0158. The quantitative estimate of drug-likeness (QED) is 0.455. The highest BCUT2D eigenvalue weighted by Gasteiger charge is 2.25. The average Bonchev–Trinajstić information content (AvgIpc) is 2.73. The van der Waals surface area contributed by atoms with Crippen LogP contribution in [0.25, 0.3) is 0 Å². The highest BCUT2D eigenvalue weighted by molar-refractivity contribution is 6.37. The van der Waals surface area contributed by atoms with Crippen LogP contribution >= 0.6 is 23.2 Å². The summed E-state index contributed by atoms with van der Waals surface area (Å²) in [6.45, 7) is 1.11. The van der Waals surface area contributed by atoms with Crippen molar-refractivity contribution in [2.75, 3.05) is 12.0 Å². The van der Waals surface area contributed by atoms with E-state index in [2.05, 4.69) is 10.4 Å². The molecule has 29 heavy (non-hydrogen) atoms. The van der Waals surface area contributed by atoms with Crippen LogP contribution in [0.1, 0.15) is 21.6 Å². The molecule has 1 aliphatic heterocycles. The normalized spacial score (nSPS) is 13.2. The molecule has 0 saturated heterocycles. The first-order valence-corrected chi connectivity index (χ1v) is 9.76. The van der Waals surface area contributed by atoms with Crippen molar-refractivity contribution in [1.29, 1.82) is 0 Å². The van der Waals surface area contributed by atoms with E-state index in [4.69, 9.17) is 33.8 Å². The van der Waals surface area contributed by atoms with Crippen molar-refractivity contribution in [2.45, 2.75) is 13.0 Å². The Bertz CT molecular complexity index is 1040. The van der Waals surface area contributed by atoms with Gasteiger partial charge in [0.15, 0.2) is 5.75 Å². The van der Waals surface area contributed by atoms with Gasteiger partial charge in [-0.1, -0.05) is 29.3 Å². The fraction of sp³-hybridized carbons (Fsp3) is 0.143. The van der Waals surface area contributed by atoms with Gasteiger partial charge in [-0.3, -0.25) is 15.6 Å². The Labute approximate surface area is 178 Å². The van der Waals surface area contributed by atoms with Crippen LogP contribution in [0.2, 0.25) is 10.0 Å². The Morgan fingerprint density at radius 1 is 1.14 bits per heavy atom. The van der Waals surface area contributed by atoms with Crippen molar-refractivity contribution in [3.05, 3.63) is 81.6 Å². The molecule has 0 radical (unpaired) electrons. The summed E-state index contributed by atoms with van der Waals surface area (Å²) in [5.74, 6) is 6.28. The number of anilines is 1. The SMILES string of the molecule is NNc1cc(Cl)c(Oc2ccc3c(c2)CCN(Cc2ccccn2)C3=O)c(Cl)c1. The van der Waals surface area contributed by atoms with E-state index in [0.717, 1.165) is 17.7 Å². The maximum absolute atomic E-state index is 12.9. The molecular formula is C21H18Cl2N4O2. The van der Waals surface area contributed by atoms with Crippen LogP contribution in [0, 0.1) is 0 Å². The second-order valence-corrected chi connectivity index (χ2v) is 7.45. The van der Waals surface area contributed by atoms with Gasteiger partial charge in [0.05, 0.1) is 28.0 Å². The lowest BCUT2D eigenvalue weighted by atomic mass is 9.98. The third-order valence-electron chi connectivity index (χ3n) is 4.71. The van der Waals surface area contributed by atoms with Crippen molar-refractivity contribution >= 4 is 34.8 Å². The molecule has 0 unspecified atom stereocenters. The number of carbonyl (C=O) groups excluding carboxylic acids is 1. The van der Waals surface area contributed by atoms with Gasteiger partial charge in [0, 0.05) is 18.3 Å². The van der Waals surface area contributed by atoms with Crippen LogP contribution in [-0.2, 0) is 13.0 Å². The summed E-state index contributed by atoms with van der Waals surface area (Å²) in [6, 6.07) is 14.3. The van der Waals surface area contributed by atoms with Gasteiger partial charge in [-0.05, 0) is 54.4 Å². The van der Waals surface area contributed by atoms with E-state index in [1.807, 2.05) is 24.3 Å². The number of nitrogens with one attached hydrogen (secondary N) is 1. The topological polar surface area (TPSA) is 80.5 Å². The molecule has 0 bridgehead atoms. The monoisotopic (exact) mass is 428 g/mol. The minimum Gasteiger partial charge on any atom is -0.454 e. The van der Waals surface area contributed by atoms with Gasteiger partial charge >= 0.3 is 0 Å². The Kier molecular flexibility index (Phi) is 5.58. The van der Waals surface area contributed by atoms with Gasteiger partial charge in [-0.2, -0.15) is 0 Å². The zero-order valence-corrected chi connectivity index (χ0v) is 16.9. The summed E-state index contributed by atoms with van der Waals surface area (Å²) in [7, 11) is 0. The summed E-state index contributed by atoms with van der Waals surface area (Å²) >= 11 is 12.5. The number of rotatable bonds is 5. The molecule has 3 N–H and O–H groups in total. The molecule has 0 aliphatic carbocycles. The number of halogens is 2. The van der Waals surface area contributed by atoms with Crippen molar-refractivity contribution in [2.24, 2.45) is 5.84 Å². The number of hydrogen-bond acceptors (Lipinski definition) is 5. The van der Waals surface area contributed by atoms with E-state index in [9.17, 15) is 4.79 Å². The number of hydrazine groups is 1. The largest absolute Gasteiger partial charge is 0.454 e. The second kappa shape index (κ2) is 8.29. The number of hydrogen-bond donors (Lipinski definition) is 2. The molecule has 6 nitrogen and oxygen atoms in total. The first-order valence-electron chi connectivity index (χ1n) is 9.01. The maximum Gasteiger partial charge on any atom is 0.254 e. The third kappa shape index (κ3) is 4.15. The van der Waals surface area contributed by atoms with Gasteiger partial charge in [0.25, 0.3) is 5.91 Å². The fourth-order valence-electron chi connectivity index (χ4n) is 3.27. The number of fused-ring (bicyclic) bond motifs is 1. The summed E-state index contributed by atoms with van der Waals surface area (Å²) in [6.07, 6.45) is 2.45. The number of nitrogen functional groups attached to an aromatic ring is 1. The highest BCUT2D eigenvalue weighted by Crippen LogP contribution is 2.39. The summed E-state index contributed by atoms with van der Waals surface area (Å²) in [4.78, 5) is 19.0. The summed E-state index contributed by atoms with van der Waals surface area (Å²) in [5, 5.41) is 0.668. The fourth-order valence-corrected chi connectivity index (χ4v) is 3.84.